The zero-order valence-corrected chi connectivity index (χ0v) is 22.7. The number of carboxylic acids is 1. The number of pyridine rings is 1. The van der Waals surface area contributed by atoms with Crippen LogP contribution < -0.4 is 5.32 Å². The van der Waals surface area contributed by atoms with E-state index in [-0.39, 0.29) is 63.4 Å². The van der Waals surface area contributed by atoms with E-state index < -0.39 is 47.8 Å². The highest BCUT2D eigenvalue weighted by molar-refractivity contribution is 6.11. The molecule has 2 saturated heterocycles. The number of piperazine rings is 1. The van der Waals surface area contributed by atoms with Crippen LogP contribution in [0.3, 0.4) is 0 Å². The number of aromatic nitrogens is 1. The first-order valence-corrected chi connectivity index (χ1v) is 13.2. The molecule has 41 heavy (non-hydrogen) atoms. The van der Waals surface area contributed by atoms with Gasteiger partial charge in [-0.1, -0.05) is 18.2 Å². The number of carbonyl (C=O) groups is 6. The number of methoxy groups -OCH3 is 1. The third kappa shape index (κ3) is 6.70. The third-order valence-corrected chi connectivity index (χ3v) is 6.89. The van der Waals surface area contributed by atoms with Crippen molar-refractivity contribution >= 4 is 46.7 Å². The number of aliphatic carboxylic acids is 1. The number of hydrogen-bond donors (Lipinski definition) is 2. The number of para-hydroxylation sites is 1. The van der Waals surface area contributed by atoms with E-state index in [0.29, 0.717) is 10.9 Å². The molecule has 0 bridgehead atoms. The van der Waals surface area contributed by atoms with Crippen LogP contribution in [0.25, 0.3) is 10.9 Å². The van der Waals surface area contributed by atoms with Crippen LogP contribution >= 0.6 is 0 Å². The minimum absolute atomic E-state index is 0.149. The highest BCUT2D eigenvalue weighted by Gasteiger charge is 2.46. The summed E-state index contributed by atoms with van der Waals surface area (Å²) in [5.74, 6) is -3.43. The van der Waals surface area contributed by atoms with Gasteiger partial charge in [0.25, 0.3) is 11.8 Å². The van der Waals surface area contributed by atoms with Gasteiger partial charge in [0.05, 0.1) is 31.3 Å². The number of esters is 1. The Hall–Kier alpha value is -4.75. The van der Waals surface area contributed by atoms with Gasteiger partial charge >= 0.3 is 18.0 Å². The summed E-state index contributed by atoms with van der Waals surface area (Å²) >= 11 is 0. The maximum absolute atomic E-state index is 13.4. The van der Waals surface area contributed by atoms with E-state index in [2.05, 4.69) is 10.3 Å². The fraction of sp³-hybridized carbons (Fsp3) is 0.444. The van der Waals surface area contributed by atoms with Gasteiger partial charge in [-0.3, -0.25) is 19.2 Å². The number of nitrogens with zero attached hydrogens (tertiary/aromatic N) is 4. The monoisotopic (exact) mass is 569 g/mol. The molecule has 14 heteroatoms. The molecule has 14 nitrogen and oxygen atoms in total. The van der Waals surface area contributed by atoms with Gasteiger partial charge in [0, 0.05) is 38.0 Å². The second-order valence-electron chi connectivity index (χ2n) is 9.54. The third-order valence-electron chi connectivity index (χ3n) is 6.89. The van der Waals surface area contributed by atoms with E-state index >= 15 is 0 Å². The SMILES string of the molecule is CCOC(=O)N1CCN(C(=O)[C@H](CCC(=O)O)NC(=O)c2cc(C(=O)N3CC3C(=O)OC)c3ccccc3n2)CC1. The Labute approximate surface area is 235 Å². The molecule has 1 aromatic carbocycles. The molecule has 2 aliphatic rings. The summed E-state index contributed by atoms with van der Waals surface area (Å²) in [5.41, 5.74) is 0.350. The Morgan fingerprint density at radius 3 is 2.41 bits per heavy atom. The normalized spacial score (nSPS) is 17.0. The summed E-state index contributed by atoms with van der Waals surface area (Å²) in [7, 11) is 1.23. The van der Waals surface area contributed by atoms with Gasteiger partial charge in [-0.25, -0.2) is 14.6 Å². The van der Waals surface area contributed by atoms with Crippen molar-refractivity contribution in [2.75, 3.05) is 46.4 Å². The molecule has 1 unspecified atom stereocenters. The van der Waals surface area contributed by atoms with Crippen LogP contribution in [0, 0.1) is 0 Å². The minimum Gasteiger partial charge on any atom is -0.481 e. The van der Waals surface area contributed by atoms with Crippen molar-refractivity contribution in [2.24, 2.45) is 0 Å². The summed E-state index contributed by atoms with van der Waals surface area (Å²) in [6.45, 7) is 2.91. The smallest absolute Gasteiger partial charge is 0.409 e. The molecule has 2 fully saturated rings. The molecule has 2 aromatic rings. The lowest BCUT2D eigenvalue weighted by Crippen LogP contribution is -2.56. The Bertz CT molecular complexity index is 1370. The van der Waals surface area contributed by atoms with Crippen molar-refractivity contribution in [1.82, 2.24) is 25.0 Å². The lowest BCUT2D eigenvalue weighted by atomic mass is 10.1. The zero-order chi connectivity index (χ0) is 29.7. The number of nitrogens with one attached hydrogen (secondary N) is 1. The number of ether oxygens (including phenoxy) is 2. The maximum Gasteiger partial charge on any atom is 0.409 e. The first-order chi connectivity index (χ1) is 19.6. The van der Waals surface area contributed by atoms with E-state index in [4.69, 9.17) is 9.47 Å². The number of amides is 4. The molecule has 2 aliphatic heterocycles. The van der Waals surface area contributed by atoms with Crippen LogP contribution in [0.4, 0.5) is 4.79 Å². The molecule has 4 rings (SSSR count). The van der Waals surface area contributed by atoms with Crippen molar-refractivity contribution in [3.63, 3.8) is 0 Å². The van der Waals surface area contributed by atoms with Gasteiger partial charge in [0.1, 0.15) is 17.8 Å². The predicted octanol–water partition coefficient (Wildman–Crippen LogP) is 0.496. The van der Waals surface area contributed by atoms with Gasteiger partial charge in [-0.15, -0.1) is 0 Å². The molecule has 1 aromatic heterocycles. The Morgan fingerprint density at radius 1 is 1.07 bits per heavy atom. The molecule has 0 radical (unpaired) electrons. The van der Waals surface area contributed by atoms with Crippen LogP contribution in [0.5, 0.6) is 0 Å². The number of fused-ring (bicyclic) bond motifs is 1. The fourth-order valence-corrected chi connectivity index (χ4v) is 4.63. The van der Waals surface area contributed by atoms with Crippen molar-refractivity contribution in [3.8, 4) is 0 Å². The summed E-state index contributed by atoms with van der Waals surface area (Å²) in [6.07, 6.45) is -1.03. The minimum atomic E-state index is -1.18. The highest BCUT2D eigenvalue weighted by Crippen LogP contribution is 2.27. The summed E-state index contributed by atoms with van der Waals surface area (Å²) in [6, 6.07) is 6.10. The average molecular weight is 570 g/mol. The molecule has 218 valence electrons. The van der Waals surface area contributed by atoms with E-state index in [9.17, 15) is 33.9 Å². The number of carboxylic acid groups (broad SMARTS) is 1. The molecule has 0 spiro atoms. The molecule has 2 atom stereocenters. The lowest BCUT2D eigenvalue weighted by Gasteiger charge is -2.35. The summed E-state index contributed by atoms with van der Waals surface area (Å²) in [4.78, 5) is 83.7. The molecule has 4 amide bonds. The van der Waals surface area contributed by atoms with E-state index in [1.807, 2.05) is 0 Å². The van der Waals surface area contributed by atoms with Crippen LogP contribution in [0.2, 0.25) is 0 Å². The number of hydrogen-bond acceptors (Lipinski definition) is 9. The van der Waals surface area contributed by atoms with Crippen molar-refractivity contribution in [2.45, 2.75) is 31.8 Å². The topological polar surface area (TPSA) is 176 Å². The van der Waals surface area contributed by atoms with E-state index in [1.165, 1.54) is 27.9 Å². The van der Waals surface area contributed by atoms with Crippen LogP contribution in [0.15, 0.2) is 30.3 Å². The quantitative estimate of drug-likeness (QED) is 0.319. The van der Waals surface area contributed by atoms with Gasteiger partial charge < -0.3 is 34.6 Å². The van der Waals surface area contributed by atoms with Gasteiger partial charge in [0.2, 0.25) is 5.91 Å². The fourth-order valence-electron chi connectivity index (χ4n) is 4.63. The Kier molecular flexibility index (Phi) is 9.00. The van der Waals surface area contributed by atoms with Crippen LogP contribution in [-0.2, 0) is 23.9 Å². The first kappa shape index (κ1) is 29.2. The highest BCUT2D eigenvalue weighted by atomic mass is 16.6. The maximum atomic E-state index is 13.4. The molecule has 0 saturated carbocycles. The van der Waals surface area contributed by atoms with Crippen molar-refractivity contribution in [1.29, 1.82) is 0 Å². The zero-order valence-electron chi connectivity index (χ0n) is 22.7. The second kappa shape index (κ2) is 12.6. The number of benzene rings is 1. The summed E-state index contributed by atoms with van der Waals surface area (Å²) < 4.78 is 9.71. The van der Waals surface area contributed by atoms with Gasteiger partial charge in [-0.2, -0.15) is 0 Å². The molecular weight excluding hydrogens is 538 g/mol. The predicted molar refractivity (Wildman–Crippen MR) is 142 cm³/mol. The second-order valence-corrected chi connectivity index (χ2v) is 9.54. The molecule has 0 aliphatic carbocycles. The molecule has 2 N–H and O–H groups in total. The lowest BCUT2D eigenvalue weighted by molar-refractivity contribution is -0.141. The largest absolute Gasteiger partial charge is 0.481 e. The van der Waals surface area contributed by atoms with Crippen molar-refractivity contribution < 1.29 is 43.3 Å². The Morgan fingerprint density at radius 2 is 1.76 bits per heavy atom. The Balaban J connectivity index is 1.53. The average Bonchev–Trinajstić information content (AvgIpc) is 3.78. The van der Waals surface area contributed by atoms with Crippen molar-refractivity contribution in [3.05, 3.63) is 41.6 Å². The standard InChI is InChI=1S/C27H31N5O9/c1-3-41-27(39)31-12-10-30(11-13-31)25(37)19(8-9-22(33)34)29-23(35)20-14-17(16-6-4-5-7-18(16)28-20)24(36)32-15-21(32)26(38)40-2/h4-7,14,19,21H,3,8-13,15H2,1-2H3,(H,29,35)(H,33,34)/t19-,21?,32?/m0/s1. The molecular formula is C27H31N5O9. The molecule has 3 heterocycles. The van der Waals surface area contributed by atoms with E-state index in [0.717, 1.165) is 0 Å². The van der Waals surface area contributed by atoms with E-state index in [1.54, 1.807) is 31.2 Å². The van der Waals surface area contributed by atoms with Crippen LogP contribution in [-0.4, -0.2) is 119 Å². The van der Waals surface area contributed by atoms with Crippen LogP contribution in [0.1, 0.15) is 40.6 Å². The first-order valence-electron chi connectivity index (χ1n) is 13.2. The number of rotatable bonds is 9. The van der Waals surface area contributed by atoms with Gasteiger partial charge in [0.15, 0.2) is 0 Å². The van der Waals surface area contributed by atoms with Gasteiger partial charge in [-0.05, 0) is 25.5 Å². The summed E-state index contributed by atoms with van der Waals surface area (Å²) in [5, 5.41) is 12.3. The number of carbonyl (C=O) groups excluding carboxylic acids is 5.